The zero-order valence-corrected chi connectivity index (χ0v) is 16.7. The van der Waals surface area contributed by atoms with Crippen LogP contribution in [0, 0.1) is 19.8 Å². The van der Waals surface area contributed by atoms with E-state index >= 15 is 0 Å². The van der Waals surface area contributed by atoms with Crippen molar-refractivity contribution in [3.8, 4) is 0 Å². The van der Waals surface area contributed by atoms with Gasteiger partial charge in [0.25, 0.3) is 0 Å². The zero-order valence-electron chi connectivity index (χ0n) is 16.7. The van der Waals surface area contributed by atoms with Gasteiger partial charge >= 0.3 is 6.18 Å². The Kier molecular flexibility index (Phi) is 4.71. The first kappa shape index (κ1) is 20.2. The predicted octanol–water partition coefficient (Wildman–Crippen LogP) is 3.53. The summed E-state index contributed by atoms with van der Waals surface area (Å²) in [5, 5.41) is 3.32. The molecule has 158 valence electrons. The minimum absolute atomic E-state index is 0.0510. The maximum atomic E-state index is 13.4. The Morgan fingerprint density at radius 1 is 1.17 bits per heavy atom. The molecule has 4 rings (SSSR count). The second-order valence-electron chi connectivity index (χ2n) is 7.77. The quantitative estimate of drug-likeness (QED) is 0.770. The van der Waals surface area contributed by atoms with Crippen molar-refractivity contribution in [2.24, 2.45) is 5.92 Å². The molecule has 3 heterocycles. The molecule has 1 N–H and O–H groups in total. The number of rotatable bonds is 1. The summed E-state index contributed by atoms with van der Waals surface area (Å²) in [6.45, 7) is 3.70. The van der Waals surface area contributed by atoms with E-state index in [0.717, 1.165) is 28.3 Å². The SMILES string of the molecule is Cc1cc(C(F)(F)F)cc(N2C(=O)CC3CNc4c(C)cccc4N(C)C(=O)C32)n1. The maximum Gasteiger partial charge on any atom is 0.416 e. The van der Waals surface area contributed by atoms with E-state index in [1.54, 1.807) is 13.1 Å². The average Bonchev–Trinajstić information content (AvgIpc) is 2.99. The number of anilines is 3. The second kappa shape index (κ2) is 7.00. The fourth-order valence-corrected chi connectivity index (χ4v) is 4.22. The van der Waals surface area contributed by atoms with E-state index < -0.39 is 29.6 Å². The molecule has 2 aliphatic rings. The van der Waals surface area contributed by atoms with Crippen molar-refractivity contribution < 1.29 is 22.8 Å². The topological polar surface area (TPSA) is 65.5 Å². The number of benzene rings is 1. The number of aryl methyl sites for hydroxylation is 2. The molecule has 2 unspecified atom stereocenters. The standard InChI is InChI=1S/C21H21F3N4O2/c1-11-5-4-6-15-18(11)25-10-13-8-17(29)28(19(13)20(30)27(15)3)16-9-14(21(22,23)24)7-12(2)26-16/h4-7,9,13,19,25H,8,10H2,1-3H3. The first-order valence-electron chi connectivity index (χ1n) is 9.57. The molecule has 1 saturated heterocycles. The van der Waals surface area contributed by atoms with Gasteiger partial charge in [0.2, 0.25) is 11.8 Å². The lowest BCUT2D eigenvalue weighted by Crippen LogP contribution is -2.51. The van der Waals surface area contributed by atoms with Gasteiger partial charge in [0.05, 0.1) is 16.9 Å². The normalized spacial score (nSPS) is 21.7. The predicted molar refractivity (Wildman–Crippen MR) is 106 cm³/mol. The molecular formula is C21H21F3N4O2. The molecule has 2 amide bonds. The maximum absolute atomic E-state index is 13.4. The summed E-state index contributed by atoms with van der Waals surface area (Å²) in [6, 6.07) is 6.37. The highest BCUT2D eigenvalue weighted by molar-refractivity contribution is 6.10. The van der Waals surface area contributed by atoms with E-state index in [2.05, 4.69) is 10.3 Å². The largest absolute Gasteiger partial charge is 0.416 e. The van der Waals surface area contributed by atoms with Crippen LogP contribution < -0.4 is 15.1 Å². The summed E-state index contributed by atoms with van der Waals surface area (Å²) >= 11 is 0. The van der Waals surface area contributed by atoms with Gasteiger partial charge in [0.1, 0.15) is 11.9 Å². The summed E-state index contributed by atoms with van der Waals surface area (Å²) in [5.74, 6) is -1.30. The number of aromatic nitrogens is 1. The Morgan fingerprint density at radius 3 is 2.60 bits per heavy atom. The van der Waals surface area contributed by atoms with Crippen LogP contribution in [0.2, 0.25) is 0 Å². The highest BCUT2D eigenvalue weighted by Gasteiger charge is 2.48. The number of likely N-dealkylation sites (N-methyl/N-ethyl adjacent to an activating group) is 1. The van der Waals surface area contributed by atoms with Gasteiger partial charge in [-0.2, -0.15) is 13.2 Å². The summed E-state index contributed by atoms with van der Waals surface area (Å²) in [4.78, 5) is 33.0. The highest BCUT2D eigenvalue weighted by atomic mass is 19.4. The molecule has 9 heteroatoms. The van der Waals surface area contributed by atoms with Gasteiger partial charge < -0.3 is 10.2 Å². The lowest BCUT2D eigenvalue weighted by molar-refractivity contribution is -0.137. The summed E-state index contributed by atoms with van der Waals surface area (Å²) < 4.78 is 39.9. The fourth-order valence-electron chi connectivity index (χ4n) is 4.22. The Balaban J connectivity index is 1.79. The molecule has 2 aliphatic heterocycles. The Bertz CT molecular complexity index is 1040. The third kappa shape index (κ3) is 3.28. The smallest absolute Gasteiger partial charge is 0.383 e. The third-order valence-electron chi connectivity index (χ3n) is 5.68. The Morgan fingerprint density at radius 2 is 1.90 bits per heavy atom. The number of amides is 2. The number of alkyl halides is 3. The molecule has 1 aromatic heterocycles. The molecular weight excluding hydrogens is 397 g/mol. The summed E-state index contributed by atoms with van der Waals surface area (Å²) in [6.07, 6.45) is -4.53. The molecule has 0 spiro atoms. The van der Waals surface area contributed by atoms with Gasteiger partial charge in [-0.3, -0.25) is 14.5 Å². The Labute approximate surface area is 171 Å². The number of carbonyl (C=O) groups excluding carboxylic acids is 2. The van der Waals surface area contributed by atoms with Gasteiger partial charge in [-0.05, 0) is 37.6 Å². The number of pyridine rings is 1. The van der Waals surface area contributed by atoms with Gasteiger partial charge in [-0.15, -0.1) is 0 Å². The summed E-state index contributed by atoms with van der Waals surface area (Å²) in [7, 11) is 1.61. The number of halogens is 3. The van der Waals surface area contributed by atoms with E-state index in [0.29, 0.717) is 12.2 Å². The van der Waals surface area contributed by atoms with Crippen molar-refractivity contribution in [3.63, 3.8) is 0 Å². The van der Waals surface area contributed by atoms with Crippen LogP contribution in [0.15, 0.2) is 30.3 Å². The molecule has 6 nitrogen and oxygen atoms in total. The van der Waals surface area contributed by atoms with Crippen LogP contribution in [0.25, 0.3) is 0 Å². The van der Waals surface area contributed by atoms with Gasteiger partial charge in [-0.25, -0.2) is 4.98 Å². The first-order chi connectivity index (χ1) is 14.1. The number of para-hydroxylation sites is 1. The monoisotopic (exact) mass is 418 g/mol. The van der Waals surface area contributed by atoms with Crippen molar-refractivity contribution in [1.82, 2.24) is 4.98 Å². The van der Waals surface area contributed by atoms with E-state index in [-0.39, 0.29) is 23.8 Å². The molecule has 0 bridgehead atoms. The molecule has 0 aliphatic carbocycles. The van der Waals surface area contributed by atoms with E-state index in [4.69, 9.17) is 0 Å². The molecule has 0 saturated carbocycles. The number of hydrogen-bond acceptors (Lipinski definition) is 4. The number of nitrogens with one attached hydrogen (secondary N) is 1. The van der Waals surface area contributed by atoms with Crippen LogP contribution >= 0.6 is 0 Å². The number of nitrogens with zero attached hydrogens (tertiary/aromatic N) is 3. The minimum atomic E-state index is -4.58. The zero-order chi connectivity index (χ0) is 21.8. The average molecular weight is 418 g/mol. The molecule has 30 heavy (non-hydrogen) atoms. The van der Waals surface area contributed by atoms with Crippen LogP contribution in [0.4, 0.5) is 30.4 Å². The molecule has 1 aromatic carbocycles. The molecule has 2 atom stereocenters. The highest BCUT2D eigenvalue weighted by Crippen LogP contribution is 2.39. The Hall–Kier alpha value is -3.10. The first-order valence-corrected chi connectivity index (χ1v) is 9.57. The molecule has 1 fully saturated rings. The second-order valence-corrected chi connectivity index (χ2v) is 7.77. The fraction of sp³-hybridized carbons (Fsp3) is 0.381. The van der Waals surface area contributed by atoms with Crippen LogP contribution in [0.1, 0.15) is 23.2 Å². The van der Waals surface area contributed by atoms with Crippen molar-refractivity contribution in [3.05, 3.63) is 47.2 Å². The lowest BCUT2D eigenvalue weighted by atomic mass is 9.96. The lowest BCUT2D eigenvalue weighted by Gasteiger charge is -2.34. The van der Waals surface area contributed by atoms with E-state index in [1.807, 2.05) is 19.1 Å². The van der Waals surface area contributed by atoms with Crippen molar-refractivity contribution >= 4 is 29.0 Å². The van der Waals surface area contributed by atoms with Gasteiger partial charge in [0.15, 0.2) is 0 Å². The van der Waals surface area contributed by atoms with Crippen LogP contribution in [-0.4, -0.2) is 36.4 Å². The van der Waals surface area contributed by atoms with Gasteiger partial charge in [0, 0.05) is 31.6 Å². The van der Waals surface area contributed by atoms with Gasteiger partial charge in [-0.1, -0.05) is 12.1 Å². The third-order valence-corrected chi connectivity index (χ3v) is 5.68. The van der Waals surface area contributed by atoms with Crippen molar-refractivity contribution in [2.75, 3.05) is 28.7 Å². The number of fused-ring (bicyclic) bond motifs is 2. The molecule has 2 aromatic rings. The van der Waals surface area contributed by atoms with Crippen molar-refractivity contribution in [1.29, 1.82) is 0 Å². The number of hydrogen-bond donors (Lipinski definition) is 1. The van der Waals surface area contributed by atoms with E-state index in [1.165, 1.54) is 11.8 Å². The van der Waals surface area contributed by atoms with Crippen molar-refractivity contribution in [2.45, 2.75) is 32.5 Å². The number of carbonyl (C=O) groups is 2. The minimum Gasteiger partial charge on any atom is -0.383 e. The van der Waals surface area contributed by atoms with E-state index in [9.17, 15) is 22.8 Å². The van der Waals surface area contributed by atoms with Crippen LogP contribution in [0.5, 0.6) is 0 Å². The molecule has 0 radical (unpaired) electrons. The van der Waals surface area contributed by atoms with Crippen LogP contribution in [-0.2, 0) is 15.8 Å². The van der Waals surface area contributed by atoms with Crippen LogP contribution in [0.3, 0.4) is 0 Å². The summed E-state index contributed by atoms with van der Waals surface area (Å²) in [5.41, 5.74) is 1.66.